The molecule has 2 N–H and O–H groups in total. The summed E-state index contributed by atoms with van der Waals surface area (Å²) in [5, 5.41) is 22.3. The summed E-state index contributed by atoms with van der Waals surface area (Å²) < 4.78 is 16.4. The normalized spacial score (nSPS) is 10.8. The van der Waals surface area contributed by atoms with Gasteiger partial charge in [0.2, 0.25) is 0 Å². The van der Waals surface area contributed by atoms with Crippen molar-refractivity contribution >= 4 is 22.8 Å². The number of nitrogens with one attached hydrogen (secondary N) is 1. The van der Waals surface area contributed by atoms with Crippen molar-refractivity contribution in [3.05, 3.63) is 149 Å². The fraction of sp³-hybridized carbons (Fsp3) is 0.0556. The second-order valence-electron chi connectivity index (χ2n) is 10.3. The van der Waals surface area contributed by atoms with Crippen LogP contribution >= 0.6 is 0 Å². The van der Waals surface area contributed by atoms with Crippen molar-refractivity contribution in [3.8, 4) is 28.5 Å². The summed E-state index contributed by atoms with van der Waals surface area (Å²) in [6, 6.07) is 31.7. The van der Waals surface area contributed by atoms with Crippen molar-refractivity contribution in [1.29, 1.82) is 5.26 Å². The van der Waals surface area contributed by atoms with E-state index in [-0.39, 0.29) is 23.6 Å². The van der Waals surface area contributed by atoms with Gasteiger partial charge < -0.3 is 15.0 Å². The lowest BCUT2D eigenvalue weighted by Gasteiger charge is -2.14. The zero-order valence-electron chi connectivity index (χ0n) is 23.4. The summed E-state index contributed by atoms with van der Waals surface area (Å²) in [7, 11) is 0. The van der Waals surface area contributed by atoms with E-state index in [0.717, 1.165) is 27.8 Å². The third-order valence-electron chi connectivity index (χ3n) is 7.39. The van der Waals surface area contributed by atoms with Gasteiger partial charge in [0.25, 0.3) is 5.91 Å². The lowest BCUT2D eigenvalue weighted by atomic mass is 9.98. The zero-order chi connectivity index (χ0) is 30.6. The molecule has 214 valence electrons. The van der Waals surface area contributed by atoms with Gasteiger partial charge in [0, 0.05) is 36.4 Å². The molecule has 0 fully saturated rings. The predicted molar refractivity (Wildman–Crippen MR) is 165 cm³/mol. The number of amides is 1. The first-order valence-electron chi connectivity index (χ1n) is 13.8. The summed E-state index contributed by atoms with van der Waals surface area (Å²) in [5.74, 6) is -1.91. The molecule has 0 aliphatic heterocycles. The molecule has 0 bridgehead atoms. The molecule has 6 rings (SSSR count). The van der Waals surface area contributed by atoms with E-state index in [1.54, 1.807) is 30.5 Å². The number of rotatable bonds is 8. The number of pyridine rings is 1. The molecule has 2 aromatic heterocycles. The Morgan fingerprint density at radius 2 is 1.61 bits per heavy atom. The minimum Gasteiger partial charge on any atom is -0.478 e. The second-order valence-corrected chi connectivity index (χ2v) is 10.3. The minimum absolute atomic E-state index is 0.159. The number of nitrogens with zero attached hydrogens (tertiary/aromatic N) is 3. The highest BCUT2D eigenvalue weighted by molar-refractivity contribution is 6.08. The largest absolute Gasteiger partial charge is 0.478 e. The monoisotopic (exact) mass is 580 g/mol. The van der Waals surface area contributed by atoms with Gasteiger partial charge in [-0.25, -0.2) is 9.18 Å². The number of fused-ring (bicyclic) bond motifs is 1. The van der Waals surface area contributed by atoms with Gasteiger partial charge in [-0.3, -0.25) is 9.78 Å². The maximum absolute atomic E-state index is 14.4. The SMILES string of the molecule is N#Cc1cc(F)cc(-c2cc(C(=O)NCc3ccc(C(=O)O)cc3)c3c(ccn3Cc3ccc(-c4ccccn4)cc3)c2)c1. The molecule has 0 saturated carbocycles. The first kappa shape index (κ1) is 28.1. The summed E-state index contributed by atoms with van der Waals surface area (Å²) >= 11 is 0. The molecular weight excluding hydrogens is 555 g/mol. The van der Waals surface area contributed by atoms with Crippen LogP contribution in [0.4, 0.5) is 4.39 Å². The maximum atomic E-state index is 14.4. The number of hydrogen-bond donors (Lipinski definition) is 2. The molecule has 0 unspecified atom stereocenters. The van der Waals surface area contributed by atoms with Crippen molar-refractivity contribution in [1.82, 2.24) is 14.9 Å². The number of carbonyl (C=O) groups excluding carboxylic acids is 1. The lowest BCUT2D eigenvalue weighted by Crippen LogP contribution is -2.23. The summed E-state index contributed by atoms with van der Waals surface area (Å²) in [5.41, 5.74) is 6.17. The van der Waals surface area contributed by atoms with Gasteiger partial charge in [-0.2, -0.15) is 5.26 Å². The van der Waals surface area contributed by atoms with Crippen LogP contribution in [0.5, 0.6) is 0 Å². The Balaban J connectivity index is 1.36. The Kier molecular flexibility index (Phi) is 7.68. The van der Waals surface area contributed by atoms with Crippen LogP contribution in [0, 0.1) is 17.1 Å². The Bertz CT molecular complexity index is 2050. The number of hydrogen-bond acceptors (Lipinski definition) is 4. The second kappa shape index (κ2) is 12.0. The number of aromatic nitrogens is 2. The van der Waals surface area contributed by atoms with Crippen molar-refractivity contribution in [2.75, 3.05) is 0 Å². The van der Waals surface area contributed by atoms with Crippen LogP contribution in [-0.4, -0.2) is 26.5 Å². The molecule has 1 amide bonds. The third-order valence-corrected chi connectivity index (χ3v) is 7.39. The van der Waals surface area contributed by atoms with Gasteiger partial charge in [-0.15, -0.1) is 0 Å². The molecule has 7 nitrogen and oxygen atoms in total. The van der Waals surface area contributed by atoms with E-state index in [1.807, 2.05) is 71.4 Å². The van der Waals surface area contributed by atoms with E-state index < -0.39 is 11.8 Å². The van der Waals surface area contributed by atoms with Gasteiger partial charge in [-0.1, -0.05) is 42.5 Å². The van der Waals surface area contributed by atoms with Crippen molar-refractivity contribution in [2.24, 2.45) is 0 Å². The number of carboxylic acids is 1. The first-order valence-corrected chi connectivity index (χ1v) is 13.8. The molecular formula is C36H25FN4O3. The van der Waals surface area contributed by atoms with Gasteiger partial charge in [0.1, 0.15) is 5.82 Å². The maximum Gasteiger partial charge on any atom is 0.335 e. The Labute approximate surface area is 252 Å². The van der Waals surface area contributed by atoms with E-state index in [1.165, 1.54) is 24.3 Å². The predicted octanol–water partition coefficient (Wildman–Crippen LogP) is 7.06. The van der Waals surface area contributed by atoms with E-state index in [4.69, 9.17) is 0 Å². The van der Waals surface area contributed by atoms with E-state index in [0.29, 0.717) is 28.8 Å². The van der Waals surface area contributed by atoms with Crippen LogP contribution in [-0.2, 0) is 13.1 Å². The van der Waals surface area contributed by atoms with Crippen LogP contribution in [0.1, 0.15) is 37.4 Å². The molecule has 2 heterocycles. The Hall–Kier alpha value is -6.07. The van der Waals surface area contributed by atoms with Crippen LogP contribution in [0.25, 0.3) is 33.3 Å². The van der Waals surface area contributed by atoms with Crippen LogP contribution in [0.2, 0.25) is 0 Å². The number of benzene rings is 4. The van der Waals surface area contributed by atoms with Gasteiger partial charge >= 0.3 is 5.97 Å². The molecule has 0 spiro atoms. The standard InChI is InChI=1S/C36H25FN4O3/c37-31-16-25(20-38)15-29(18-31)30-17-28-12-14-41(22-24-6-8-26(9-7-24)33-3-1-2-13-39-33)34(28)32(19-30)35(42)40-21-23-4-10-27(11-5-23)36(43)44/h1-19H,21-22H2,(H,40,42)(H,43,44). The third kappa shape index (κ3) is 5.94. The van der Waals surface area contributed by atoms with Crippen LogP contribution in [0.15, 0.2) is 116 Å². The molecule has 6 aromatic rings. The number of aromatic carboxylic acids is 1. The highest BCUT2D eigenvalue weighted by Crippen LogP contribution is 2.31. The van der Waals surface area contributed by atoms with Crippen molar-refractivity contribution in [2.45, 2.75) is 13.1 Å². The topological polar surface area (TPSA) is 108 Å². The Morgan fingerprint density at radius 3 is 2.32 bits per heavy atom. The number of nitriles is 1. The van der Waals surface area contributed by atoms with Crippen molar-refractivity contribution in [3.63, 3.8) is 0 Å². The van der Waals surface area contributed by atoms with Gasteiger partial charge in [0.05, 0.1) is 34.0 Å². The molecule has 0 aliphatic rings. The quantitative estimate of drug-likeness (QED) is 0.200. The first-order chi connectivity index (χ1) is 21.4. The minimum atomic E-state index is -1.02. The summed E-state index contributed by atoms with van der Waals surface area (Å²) in [6.45, 7) is 0.680. The summed E-state index contributed by atoms with van der Waals surface area (Å²) in [6.07, 6.45) is 3.67. The molecule has 0 radical (unpaired) electrons. The Morgan fingerprint density at radius 1 is 0.864 bits per heavy atom. The van der Waals surface area contributed by atoms with E-state index in [9.17, 15) is 24.3 Å². The molecule has 4 aromatic carbocycles. The smallest absolute Gasteiger partial charge is 0.335 e. The van der Waals surface area contributed by atoms with Gasteiger partial charge in [0.15, 0.2) is 0 Å². The highest BCUT2D eigenvalue weighted by atomic mass is 19.1. The van der Waals surface area contributed by atoms with E-state index >= 15 is 0 Å². The lowest BCUT2D eigenvalue weighted by molar-refractivity contribution is 0.0696. The average Bonchev–Trinajstić information content (AvgIpc) is 3.46. The zero-order valence-corrected chi connectivity index (χ0v) is 23.4. The van der Waals surface area contributed by atoms with Crippen LogP contribution < -0.4 is 5.32 Å². The summed E-state index contributed by atoms with van der Waals surface area (Å²) in [4.78, 5) is 29.3. The molecule has 0 saturated heterocycles. The molecule has 8 heteroatoms. The number of carbonyl (C=O) groups is 2. The van der Waals surface area contributed by atoms with Crippen LogP contribution in [0.3, 0.4) is 0 Å². The highest BCUT2D eigenvalue weighted by Gasteiger charge is 2.18. The van der Waals surface area contributed by atoms with E-state index in [2.05, 4.69) is 10.3 Å². The average molecular weight is 581 g/mol. The number of carboxylic acid groups (broad SMARTS) is 1. The van der Waals surface area contributed by atoms with Crippen molar-refractivity contribution < 1.29 is 19.1 Å². The number of halogens is 1. The van der Waals surface area contributed by atoms with Gasteiger partial charge in [-0.05, 0) is 82.9 Å². The fourth-order valence-electron chi connectivity index (χ4n) is 5.20. The molecule has 0 aliphatic carbocycles. The fourth-order valence-corrected chi connectivity index (χ4v) is 5.20. The molecule has 44 heavy (non-hydrogen) atoms. The molecule has 0 atom stereocenters.